The van der Waals surface area contributed by atoms with Crippen molar-refractivity contribution >= 4 is 15.0 Å². The zero-order chi connectivity index (χ0) is 3.58. The summed E-state index contributed by atoms with van der Waals surface area (Å²) in [4.78, 5) is 0. The van der Waals surface area contributed by atoms with Crippen LogP contribution in [0.25, 0.3) is 0 Å². The van der Waals surface area contributed by atoms with E-state index in [0.29, 0.717) is 0 Å². The normalized spacial score (nSPS) is 4.80. The van der Waals surface area contributed by atoms with Gasteiger partial charge in [-0.25, -0.2) is 0 Å². The van der Waals surface area contributed by atoms with Gasteiger partial charge < -0.3 is 0 Å². The molecule has 3 nitrogen and oxygen atoms in total. The van der Waals surface area contributed by atoms with Gasteiger partial charge in [0, 0.05) is 0 Å². The van der Waals surface area contributed by atoms with Crippen molar-refractivity contribution in [2.24, 2.45) is 0 Å². The summed E-state index contributed by atoms with van der Waals surface area (Å²) >= 11 is -4.08. The molecule has 0 aliphatic carbocycles. The molecule has 0 saturated heterocycles. The average molecular weight is 184 g/mol. The van der Waals surface area contributed by atoms with E-state index in [1.54, 1.807) is 0 Å². The Labute approximate surface area is 44.5 Å². The molecule has 33 valence electrons. The molecule has 0 atom stereocenters. The minimum absolute atomic E-state index is 0. The molecule has 0 aromatic heterocycles. The summed E-state index contributed by atoms with van der Waals surface area (Å²) in [6.07, 6.45) is 0. The second-order valence-electron chi connectivity index (χ2n) is 0.250. The number of hydrogen-bond donors (Lipinski definition) is 0. The van der Waals surface area contributed by atoms with E-state index in [4.69, 9.17) is 12.0 Å². The molecular formula is CuGeO3. The van der Waals surface area contributed by atoms with Gasteiger partial charge in [0.15, 0.2) is 0 Å². The Morgan fingerprint density at radius 1 is 1.40 bits per heavy atom. The van der Waals surface area contributed by atoms with Crippen molar-refractivity contribution in [3.63, 3.8) is 0 Å². The Morgan fingerprint density at radius 3 is 1.40 bits per heavy atom. The first-order valence-corrected chi connectivity index (χ1v) is 3.18. The van der Waals surface area contributed by atoms with Crippen molar-refractivity contribution in [2.75, 3.05) is 0 Å². The fourth-order valence-electron chi connectivity index (χ4n) is 0. The van der Waals surface area contributed by atoms with Gasteiger partial charge in [-0.3, -0.25) is 0 Å². The third-order valence-electron chi connectivity index (χ3n) is 0. The molecule has 0 spiro atoms. The van der Waals surface area contributed by atoms with Gasteiger partial charge in [0.25, 0.3) is 0 Å². The quantitative estimate of drug-likeness (QED) is 0.380. The molecule has 1 radical (unpaired) electrons. The molecule has 0 fully saturated rings. The van der Waals surface area contributed by atoms with E-state index in [1.165, 1.54) is 0 Å². The van der Waals surface area contributed by atoms with Crippen LogP contribution in [0.15, 0.2) is 0 Å². The third kappa shape index (κ3) is 127. The van der Waals surface area contributed by atoms with Crippen LogP contribution in [0.2, 0.25) is 0 Å². The van der Waals surface area contributed by atoms with E-state index in [-0.39, 0.29) is 17.1 Å². The zero-order valence-electron chi connectivity index (χ0n) is 2.03. The predicted molar refractivity (Wildman–Crippen MR) is 6.44 cm³/mol. The van der Waals surface area contributed by atoms with Crippen molar-refractivity contribution in [1.82, 2.24) is 0 Å². The molecule has 5 heteroatoms. The van der Waals surface area contributed by atoms with Crippen LogP contribution in [0, 0.1) is 0 Å². The van der Waals surface area contributed by atoms with Gasteiger partial charge in [0.05, 0.1) is 0 Å². The maximum atomic E-state index is 8.58. The average Bonchev–Trinajstić information content (AvgIpc) is 0.811. The Morgan fingerprint density at radius 2 is 1.40 bits per heavy atom. The summed E-state index contributed by atoms with van der Waals surface area (Å²) < 4.78 is 25.8. The second-order valence-corrected chi connectivity index (χ2v) is 1.30. The SMILES string of the molecule is [Cu+2].[O]=[Ge]([O-])[O-]. The fraction of sp³-hybridized carbons (Fsp3) is 0. The maximum absolute atomic E-state index is 8.58. The van der Waals surface area contributed by atoms with E-state index in [9.17, 15) is 0 Å². The van der Waals surface area contributed by atoms with Crippen molar-refractivity contribution in [2.45, 2.75) is 0 Å². The van der Waals surface area contributed by atoms with Crippen molar-refractivity contribution in [3.8, 4) is 0 Å². The predicted octanol–water partition coefficient (Wildman–Crippen LogP) is -2.88. The van der Waals surface area contributed by atoms with Crippen LogP contribution in [-0.2, 0) is 20.8 Å². The van der Waals surface area contributed by atoms with Gasteiger partial charge in [-0.05, 0) is 0 Å². The van der Waals surface area contributed by atoms with Crippen molar-refractivity contribution in [1.29, 1.82) is 0 Å². The molecule has 0 unspecified atom stereocenters. The number of rotatable bonds is 0. The summed E-state index contributed by atoms with van der Waals surface area (Å²) in [7, 11) is 0. The minimum atomic E-state index is -4.08. The molecule has 0 N–H and O–H groups in total. The molecule has 0 amide bonds. The van der Waals surface area contributed by atoms with Gasteiger partial charge in [0.2, 0.25) is 0 Å². The first kappa shape index (κ1) is 9.07. The molecule has 0 aliphatic rings. The Kier molecular flexibility index (Phi) is 8.10. The summed E-state index contributed by atoms with van der Waals surface area (Å²) in [5.41, 5.74) is 0. The van der Waals surface area contributed by atoms with Crippen molar-refractivity contribution in [3.05, 3.63) is 0 Å². The summed E-state index contributed by atoms with van der Waals surface area (Å²) in [6.45, 7) is 0. The van der Waals surface area contributed by atoms with Gasteiger partial charge in [-0.15, -0.1) is 0 Å². The summed E-state index contributed by atoms with van der Waals surface area (Å²) in [5.74, 6) is 0. The first-order chi connectivity index (χ1) is 1.73. The first-order valence-electron chi connectivity index (χ1n) is 0.612. The molecule has 5 heavy (non-hydrogen) atoms. The van der Waals surface area contributed by atoms with Crippen LogP contribution in [0.5, 0.6) is 0 Å². The third-order valence-corrected chi connectivity index (χ3v) is 0. The van der Waals surface area contributed by atoms with E-state index in [2.05, 4.69) is 0 Å². The topological polar surface area (TPSA) is 63.2 Å². The zero-order valence-corrected chi connectivity index (χ0v) is 5.07. The van der Waals surface area contributed by atoms with Crippen LogP contribution in [0.3, 0.4) is 0 Å². The molecule has 0 aromatic rings. The van der Waals surface area contributed by atoms with Gasteiger partial charge in [0.1, 0.15) is 0 Å². The van der Waals surface area contributed by atoms with Gasteiger partial charge in [-0.1, -0.05) is 0 Å². The molecule has 0 rings (SSSR count). The van der Waals surface area contributed by atoms with Crippen LogP contribution < -0.4 is 8.27 Å². The van der Waals surface area contributed by atoms with Crippen LogP contribution in [0.4, 0.5) is 0 Å². The molecule has 0 bridgehead atoms. The van der Waals surface area contributed by atoms with Crippen LogP contribution >= 0.6 is 0 Å². The number of hydrogen-bond acceptors (Lipinski definition) is 3. The monoisotopic (exact) mass is 185 g/mol. The Bertz CT molecular complexity index is 29.9. The Hall–Kier alpha value is 0.462. The molecule has 0 aliphatic heterocycles. The van der Waals surface area contributed by atoms with E-state index >= 15 is 0 Å². The van der Waals surface area contributed by atoms with Crippen LogP contribution in [-0.4, -0.2) is 15.0 Å². The molecule has 0 heterocycles. The van der Waals surface area contributed by atoms with Gasteiger partial charge >= 0.3 is 44.1 Å². The Balaban J connectivity index is 0. The molecule has 0 aromatic carbocycles. The molecular weight excluding hydrogens is 184 g/mol. The van der Waals surface area contributed by atoms with Crippen molar-refractivity contribution < 1.29 is 29.1 Å². The summed E-state index contributed by atoms with van der Waals surface area (Å²) in [5, 5.41) is 0. The molecule has 0 saturated carbocycles. The second kappa shape index (κ2) is 4.46. The van der Waals surface area contributed by atoms with E-state index in [1.807, 2.05) is 0 Å². The van der Waals surface area contributed by atoms with E-state index < -0.39 is 15.0 Å². The van der Waals surface area contributed by atoms with E-state index in [0.717, 1.165) is 0 Å². The fourth-order valence-corrected chi connectivity index (χ4v) is 0. The standard InChI is InChI=1S/Cu.GeO3/c;2-1(3)4/q+2;-2. The van der Waals surface area contributed by atoms with Crippen LogP contribution in [0.1, 0.15) is 0 Å². The van der Waals surface area contributed by atoms with Gasteiger partial charge in [-0.2, -0.15) is 0 Å². The summed E-state index contributed by atoms with van der Waals surface area (Å²) in [6, 6.07) is 0.